The molecule has 0 spiro atoms. The molecule has 2 aromatic rings. The van der Waals surface area contributed by atoms with E-state index in [1.54, 1.807) is 6.07 Å². The van der Waals surface area contributed by atoms with Gasteiger partial charge < -0.3 is 10.4 Å². The molecule has 0 radical (unpaired) electrons. The quantitative estimate of drug-likeness (QED) is 0.790. The predicted molar refractivity (Wildman–Crippen MR) is 91.3 cm³/mol. The normalized spacial score (nSPS) is 20.7. The van der Waals surface area contributed by atoms with Gasteiger partial charge in [-0.1, -0.05) is 48.5 Å². The third-order valence-electron chi connectivity index (χ3n) is 4.82. The number of hydrogen-bond donors (Lipinski definition) is 2. The van der Waals surface area contributed by atoms with Crippen LogP contribution in [0.3, 0.4) is 0 Å². The van der Waals surface area contributed by atoms with E-state index in [4.69, 9.17) is 0 Å². The van der Waals surface area contributed by atoms with Crippen molar-refractivity contribution >= 4 is 0 Å². The van der Waals surface area contributed by atoms with Crippen LogP contribution in [0.1, 0.15) is 42.7 Å². The third kappa shape index (κ3) is 5.10. The second-order valence-electron chi connectivity index (χ2n) is 6.29. The zero-order valence-corrected chi connectivity index (χ0v) is 14.5. The van der Waals surface area contributed by atoms with Crippen molar-refractivity contribution in [1.82, 2.24) is 5.32 Å². The molecule has 0 saturated heterocycles. The van der Waals surface area contributed by atoms with Gasteiger partial charge in [-0.15, -0.1) is 0 Å². The number of phenols is 1. The van der Waals surface area contributed by atoms with E-state index >= 15 is 0 Å². The fraction of sp³-hybridized carbons (Fsp3) is 0.400. The second kappa shape index (κ2) is 9.12. The number of hydrogen-bond acceptors (Lipinski definition) is 2. The van der Waals surface area contributed by atoms with Crippen LogP contribution in [0.25, 0.3) is 0 Å². The van der Waals surface area contributed by atoms with Gasteiger partial charge in [0.2, 0.25) is 0 Å². The Balaban J connectivity index is 0.00000192. The fourth-order valence-electron chi connectivity index (χ4n) is 3.49. The maximum Gasteiger partial charge on any atom is 0.118 e. The van der Waals surface area contributed by atoms with Crippen molar-refractivity contribution in [1.29, 1.82) is 0 Å². The largest absolute Gasteiger partial charge is 0.508 e. The Bertz CT molecular complexity index is 579. The Hall–Kier alpha value is -1.28. The first-order chi connectivity index (χ1) is 10.8. The van der Waals surface area contributed by atoms with Crippen LogP contribution in [0, 0.1) is 0 Å². The monoisotopic (exact) mass is 351 g/mol. The molecule has 1 aliphatic rings. The summed E-state index contributed by atoms with van der Waals surface area (Å²) in [6.45, 7) is 0.943. The SMILES string of the molecule is Oc1ccccc1CCNC1CCC(c2ccccc2)CC1.[Fe]. The molecule has 3 heteroatoms. The zero-order valence-electron chi connectivity index (χ0n) is 13.4. The number of phenolic OH excluding ortho intramolecular Hbond substituents is 1. The van der Waals surface area contributed by atoms with Gasteiger partial charge in [0.05, 0.1) is 0 Å². The summed E-state index contributed by atoms with van der Waals surface area (Å²) in [6, 6.07) is 19.2. The minimum absolute atomic E-state index is 0. The average molecular weight is 351 g/mol. The smallest absolute Gasteiger partial charge is 0.118 e. The molecule has 0 aromatic heterocycles. The average Bonchev–Trinajstić information content (AvgIpc) is 2.58. The van der Waals surface area contributed by atoms with E-state index in [0.717, 1.165) is 24.4 Å². The molecule has 0 unspecified atom stereocenters. The van der Waals surface area contributed by atoms with Gasteiger partial charge in [0.1, 0.15) is 5.75 Å². The van der Waals surface area contributed by atoms with Crippen LogP contribution in [0.5, 0.6) is 5.75 Å². The van der Waals surface area contributed by atoms with Gasteiger partial charge in [0.25, 0.3) is 0 Å². The van der Waals surface area contributed by atoms with Crippen molar-refractivity contribution in [3.8, 4) is 5.75 Å². The molecule has 0 bridgehead atoms. The summed E-state index contributed by atoms with van der Waals surface area (Å²) < 4.78 is 0. The van der Waals surface area contributed by atoms with Gasteiger partial charge in [0, 0.05) is 23.1 Å². The summed E-state index contributed by atoms with van der Waals surface area (Å²) >= 11 is 0. The van der Waals surface area contributed by atoms with Crippen LogP contribution >= 0.6 is 0 Å². The van der Waals surface area contributed by atoms with Crippen LogP contribution in [0.4, 0.5) is 0 Å². The van der Waals surface area contributed by atoms with Crippen LogP contribution in [-0.2, 0) is 23.5 Å². The standard InChI is InChI=1S/C20H25NO.Fe/c22-20-9-5-4-8-18(20)14-15-21-19-12-10-17(11-13-19)16-6-2-1-3-7-16;/h1-9,17,19,21-22H,10-15H2;. The van der Waals surface area contributed by atoms with E-state index < -0.39 is 0 Å². The van der Waals surface area contributed by atoms with E-state index in [2.05, 4.69) is 35.6 Å². The molecule has 1 fully saturated rings. The summed E-state index contributed by atoms with van der Waals surface area (Å²) in [7, 11) is 0. The maximum atomic E-state index is 9.78. The molecule has 2 N–H and O–H groups in total. The van der Waals surface area contributed by atoms with Crippen molar-refractivity contribution in [2.24, 2.45) is 0 Å². The summed E-state index contributed by atoms with van der Waals surface area (Å²) in [5.74, 6) is 1.15. The van der Waals surface area contributed by atoms with Gasteiger partial charge in [-0.05, 0) is 61.8 Å². The Kier molecular flexibility index (Phi) is 7.16. The van der Waals surface area contributed by atoms with E-state index in [1.807, 2.05) is 18.2 Å². The molecular weight excluding hydrogens is 326 g/mol. The summed E-state index contributed by atoms with van der Waals surface area (Å²) in [5, 5.41) is 13.4. The number of rotatable bonds is 5. The van der Waals surface area contributed by atoms with Crippen LogP contribution in [0.2, 0.25) is 0 Å². The molecule has 3 rings (SSSR count). The molecule has 2 aromatic carbocycles. The van der Waals surface area contributed by atoms with E-state index in [-0.39, 0.29) is 17.1 Å². The first-order valence-electron chi connectivity index (χ1n) is 8.38. The van der Waals surface area contributed by atoms with Gasteiger partial charge in [-0.25, -0.2) is 0 Å². The fourth-order valence-corrected chi connectivity index (χ4v) is 3.49. The Labute approximate surface area is 149 Å². The summed E-state index contributed by atoms with van der Waals surface area (Å²) in [6.07, 6.45) is 5.95. The molecule has 0 amide bonds. The Morgan fingerprint density at radius 1 is 0.870 bits per heavy atom. The van der Waals surface area contributed by atoms with Crippen molar-refractivity contribution in [3.63, 3.8) is 0 Å². The minimum Gasteiger partial charge on any atom is -0.508 e. The maximum absolute atomic E-state index is 9.78. The third-order valence-corrected chi connectivity index (χ3v) is 4.82. The Morgan fingerprint density at radius 2 is 1.52 bits per heavy atom. The van der Waals surface area contributed by atoms with Crippen LogP contribution in [-0.4, -0.2) is 17.7 Å². The van der Waals surface area contributed by atoms with E-state index in [9.17, 15) is 5.11 Å². The molecule has 0 atom stereocenters. The van der Waals surface area contributed by atoms with E-state index in [1.165, 1.54) is 31.2 Å². The van der Waals surface area contributed by atoms with Gasteiger partial charge in [0.15, 0.2) is 0 Å². The Morgan fingerprint density at radius 3 is 2.22 bits per heavy atom. The molecular formula is C20H25FeNO. The molecule has 1 aliphatic carbocycles. The predicted octanol–water partition coefficient (Wildman–Crippen LogP) is 4.25. The molecule has 23 heavy (non-hydrogen) atoms. The number of aromatic hydroxyl groups is 1. The van der Waals surface area contributed by atoms with Crippen molar-refractivity contribution in [3.05, 3.63) is 65.7 Å². The second-order valence-corrected chi connectivity index (χ2v) is 6.29. The van der Waals surface area contributed by atoms with Gasteiger partial charge in [-0.2, -0.15) is 0 Å². The summed E-state index contributed by atoms with van der Waals surface area (Å²) in [4.78, 5) is 0. The molecule has 124 valence electrons. The van der Waals surface area contributed by atoms with Crippen LogP contribution < -0.4 is 5.32 Å². The number of nitrogens with one attached hydrogen (secondary N) is 1. The van der Waals surface area contributed by atoms with Gasteiger partial charge >= 0.3 is 0 Å². The van der Waals surface area contributed by atoms with E-state index in [0.29, 0.717) is 11.8 Å². The first-order valence-corrected chi connectivity index (χ1v) is 8.38. The van der Waals surface area contributed by atoms with Crippen LogP contribution in [0.15, 0.2) is 54.6 Å². The molecule has 1 saturated carbocycles. The summed E-state index contributed by atoms with van der Waals surface area (Å²) in [5.41, 5.74) is 2.53. The zero-order chi connectivity index (χ0) is 15.2. The first kappa shape index (κ1) is 18.1. The topological polar surface area (TPSA) is 32.3 Å². The number of benzene rings is 2. The van der Waals surface area contributed by atoms with Gasteiger partial charge in [-0.3, -0.25) is 0 Å². The van der Waals surface area contributed by atoms with Crippen molar-refractivity contribution < 1.29 is 22.2 Å². The molecule has 2 nitrogen and oxygen atoms in total. The number of para-hydroxylation sites is 1. The van der Waals surface area contributed by atoms with Crippen molar-refractivity contribution in [2.75, 3.05) is 6.54 Å². The molecule has 0 aliphatic heterocycles. The minimum atomic E-state index is 0. The van der Waals surface area contributed by atoms with Crippen molar-refractivity contribution in [2.45, 2.75) is 44.1 Å². The molecule has 0 heterocycles.